The van der Waals surface area contributed by atoms with Crippen LogP contribution in [0.3, 0.4) is 0 Å². The van der Waals surface area contributed by atoms with Gasteiger partial charge in [-0.15, -0.1) is 0 Å². The summed E-state index contributed by atoms with van der Waals surface area (Å²) in [7, 11) is -1.36. The topological polar surface area (TPSA) is 88.0 Å². The van der Waals surface area contributed by atoms with Crippen molar-refractivity contribution < 1.29 is 19.3 Å². The molecule has 22 heavy (non-hydrogen) atoms. The van der Waals surface area contributed by atoms with E-state index in [1.807, 2.05) is 0 Å². The number of amides is 1. The molecular weight excluding hydrogens is 283 g/mol. The smallest absolute Gasteiger partial charge is 0.505 e. The van der Waals surface area contributed by atoms with Crippen LogP contribution >= 0.6 is 0 Å². The molecule has 7 heteroatoms. The van der Waals surface area contributed by atoms with Crippen molar-refractivity contribution in [3.05, 3.63) is 54.8 Å². The van der Waals surface area contributed by atoms with Crippen molar-refractivity contribution in [1.29, 1.82) is 0 Å². The first-order valence-electron chi connectivity index (χ1n) is 6.68. The Kier molecular flexibility index (Phi) is 4.90. The van der Waals surface area contributed by atoms with Crippen LogP contribution in [-0.4, -0.2) is 29.9 Å². The van der Waals surface area contributed by atoms with E-state index in [0.29, 0.717) is 11.0 Å². The van der Waals surface area contributed by atoms with E-state index in [9.17, 15) is 14.6 Å². The number of benzene rings is 1. The summed E-state index contributed by atoms with van der Waals surface area (Å²) in [6, 6.07) is 6.61. The Hall–Kier alpha value is -2.67. The molecule has 1 aliphatic heterocycles. The molecule has 0 fully saturated rings. The molecule has 0 saturated heterocycles. The van der Waals surface area contributed by atoms with E-state index in [2.05, 4.69) is 16.9 Å². The maximum atomic E-state index is 12.4. The number of nitrogens with zero attached hydrogens (tertiary/aromatic N) is 1. The number of hydrogen-bond donors (Lipinski definition) is 2. The maximum absolute atomic E-state index is 12.4. The molecule has 1 unspecified atom stereocenters. The second-order valence-corrected chi connectivity index (χ2v) is 4.54. The molecule has 1 aromatic carbocycles. The second-order valence-electron chi connectivity index (χ2n) is 4.54. The predicted octanol–water partition coefficient (Wildman–Crippen LogP) is 0.249. The molecule has 0 aliphatic carbocycles. The summed E-state index contributed by atoms with van der Waals surface area (Å²) in [5.74, 6) is -2.27. The molecule has 0 saturated carbocycles. The van der Waals surface area contributed by atoms with Crippen molar-refractivity contribution in [2.75, 3.05) is 0 Å². The van der Waals surface area contributed by atoms with Crippen molar-refractivity contribution in [1.82, 2.24) is 5.32 Å². The highest BCUT2D eigenvalue weighted by Crippen LogP contribution is 2.21. The lowest BCUT2D eigenvalue weighted by atomic mass is 9.70. The van der Waals surface area contributed by atoms with Crippen LogP contribution in [0.2, 0.25) is 0 Å². The first-order valence-corrected chi connectivity index (χ1v) is 6.68. The van der Waals surface area contributed by atoms with Gasteiger partial charge in [0.05, 0.1) is 0 Å². The van der Waals surface area contributed by atoms with Gasteiger partial charge in [-0.1, -0.05) is 36.9 Å². The number of allylic oxidation sites excluding steroid dienone is 1. The third-order valence-electron chi connectivity index (χ3n) is 3.10. The van der Waals surface area contributed by atoms with E-state index in [4.69, 9.17) is 4.65 Å². The number of carbonyl (C=O) groups excluding carboxylic acids is 2. The number of aliphatic imine (C=N–C) groups is 1. The summed E-state index contributed by atoms with van der Waals surface area (Å²) in [6.07, 6.45) is 4.56. The maximum Gasteiger partial charge on any atom is 0.562 e. The summed E-state index contributed by atoms with van der Waals surface area (Å²) in [4.78, 5) is 28.3. The van der Waals surface area contributed by atoms with Crippen molar-refractivity contribution >= 4 is 30.3 Å². The van der Waals surface area contributed by atoms with E-state index in [-0.39, 0.29) is 5.84 Å². The number of rotatable bonds is 3. The standard InChI is InChI=1S/C15H15BN2O4/c1-3-7-12(17-4-2)18-14(19)13-10-8-5-6-9-11(10)16(21)22-15(13)20/h3-9,13,21H,2H2,1H3,(H,17,18,19)/b7-3-. The highest BCUT2D eigenvalue weighted by atomic mass is 16.6. The molecule has 0 bridgehead atoms. The Morgan fingerprint density at radius 3 is 2.91 bits per heavy atom. The van der Waals surface area contributed by atoms with E-state index in [1.165, 1.54) is 6.20 Å². The number of nitrogens with one attached hydrogen (secondary N) is 1. The normalized spacial score (nSPS) is 17.9. The van der Waals surface area contributed by atoms with Crippen molar-refractivity contribution in [3.63, 3.8) is 0 Å². The van der Waals surface area contributed by atoms with Gasteiger partial charge in [0, 0.05) is 11.7 Å². The molecule has 0 spiro atoms. The number of carbonyl (C=O) groups is 2. The minimum absolute atomic E-state index is 0.263. The van der Waals surface area contributed by atoms with Gasteiger partial charge in [-0.25, -0.2) is 4.99 Å². The van der Waals surface area contributed by atoms with Gasteiger partial charge >= 0.3 is 13.1 Å². The van der Waals surface area contributed by atoms with Gasteiger partial charge in [-0.05, 0) is 18.6 Å². The monoisotopic (exact) mass is 298 g/mol. The van der Waals surface area contributed by atoms with Gasteiger partial charge in [-0.2, -0.15) is 0 Å². The van der Waals surface area contributed by atoms with E-state index < -0.39 is 24.9 Å². The van der Waals surface area contributed by atoms with Crippen LogP contribution in [0, 0.1) is 0 Å². The van der Waals surface area contributed by atoms with Gasteiger partial charge < -0.3 is 15.0 Å². The first-order chi connectivity index (χ1) is 10.6. The molecule has 0 aromatic heterocycles. The van der Waals surface area contributed by atoms with Crippen LogP contribution in [0.25, 0.3) is 0 Å². The van der Waals surface area contributed by atoms with E-state index in [1.54, 1.807) is 43.3 Å². The second kappa shape index (κ2) is 6.86. The molecule has 1 heterocycles. The SMILES string of the molecule is C=CN=C(/C=C\C)NC(=O)C1C(=O)OB(O)c2ccccc21. The molecule has 1 aliphatic rings. The summed E-state index contributed by atoms with van der Waals surface area (Å²) in [5, 5.41) is 12.3. The van der Waals surface area contributed by atoms with Gasteiger partial charge in [0.15, 0.2) is 5.92 Å². The Balaban J connectivity index is 2.33. The third-order valence-corrected chi connectivity index (χ3v) is 3.10. The molecule has 6 nitrogen and oxygen atoms in total. The van der Waals surface area contributed by atoms with Gasteiger partial charge in [0.2, 0.25) is 5.91 Å². The quantitative estimate of drug-likeness (QED) is 0.362. The average molecular weight is 298 g/mol. The van der Waals surface area contributed by atoms with Crippen molar-refractivity contribution in [3.8, 4) is 0 Å². The largest absolute Gasteiger partial charge is 0.562 e. The minimum atomic E-state index is -1.36. The number of fused-ring (bicyclic) bond motifs is 1. The number of hydrogen-bond acceptors (Lipinski definition) is 5. The zero-order chi connectivity index (χ0) is 16.1. The summed E-state index contributed by atoms with van der Waals surface area (Å²) in [5.41, 5.74) is 0.817. The first kappa shape index (κ1) is 15.7. The lowest BCUT2D eigenvalue weighted by Gasteiger charge is -2.25. The molecule has 1 amide bonds. The molecule has 1 aromatic rings. The van der Waals surface area contributed by atoms with Crippen LogP contribution in [0.1, 0.15) is 18.4 Å². The molecule has 0 radical (unpaired) electrons. The molecule has 112 valence electrons. The fraction of sp³-hybridized carbons (Fsp3) is 0.133. The van der Waals surface area contributed by atoms with Gasteiger partial charge in [0.25, 0.3) is 0 Å². The van der Waals surface area contributed by atoms with E-state index in [0.717, 1.165) is 0 Å². The summed E-state index contributed by atoms with van der Waals surface area (Å²) >= 11 is 0. The Morgan fingerprint density at radius 1 is 1.50 bits per heavy atom. The molecule has 2 N–H and O–H groups in total. The molecule has 1 atom stereocenters. The van der Waals surface area contributed by atoms with Crippen LogP contribution in [-0.2, 0) is 14.2 Å². The molecule has 2 rings (SSSR count). The van der Waals surface area contributed by atoms with Crippen molar-refractivity contribution in [2.45, 2.75) is 12.8 Å². The van der Waals surface area contributed by atoms with E-state index >= 15 is 0 Å². The Bertz CT molecular complexity index is 669. The highest BCUT2D eigenvalue weighted by molar-refractivity contribution is 6.63. The average Bonchev–Trinajstić information content (AvgIpc) is 2.47. The van der Waals surface area contributed by atoms with Crippen LogP contribution in [0.15, 0.2) is 54.2 Å². The fourth-order valence-electron chi connectivity index (χ4n) is 2.19. The lowest BCUT2D eigenvalue weighted by Crippen LogP contribution is -2.50. The predicted molar refractivity (Wildman–Crippen MR) is 83.5 cm³/mol. The van der Waals surface area contributed by atoms with Gasteiger partial charge in [-0.3, -0.25) is 9.59 Å². The van der Waals surface area contributed by atoms with Crippen LogP contribution in [0.4, 0.5) is 0 Å². The van der Waals surface area contributed by atoms with Crippen LogP contribution < -0.4 is 10.8 Å². The Morgan fingerprint density at radius 2 is 2.23 bits per heavy atom. The number of amidine groups is 1. The highest BCUT2D eigenvalue weighted by Gasteiger charge is 2.42. The zero-order valence-corrected chi connectivity index (χ0v) is 12.0. The fourth-order valence-corrected chi connectivity index (χ4v) is 2.19. The Labute approximate surface area is 128 Å². The minimum Gasteiger partial charge on any atom is -0.505 e. The van der Waals surface area contributed by atoms with Crippen LogP contribution in [0.5, 0.6) is 0 Å². The molecular formula is C15H15BN2O4. The zero-order valence-electron chi connectivity index (χ0n) is 12.0. The van der Waals surface area contributed by atoms with Crippen molar-refractivity contribution in [2.24, 2.45) is 4.99 Å². The summed E-state index contributed by atoms with van der Waals surface area (Å²) < 4.78 is 4.83. The summed E-state index contributed by atoms with van der Waals surface area (Å²) in [6.45, 7) is 5.24. The van der Waals surface area contributed by atoms with Gasteiger partial charge in [0.1, 0.15) is 5.84 Å². The third kappa shape index (κ3) is 3.15. The lowest BCUT2D eigenvalue weighted by molar-refractivity contribution is -0.141.